The topological polar surface area (TPSA) is 51.5 Å². The van der Waals surface area contributed by atoms with Crippen molar-refractivity contribution in [2.24, 2.45) is 5.41 Å². The van der Waals surface area contributed by atoms with Gasteiger partial charge in [0.25, 0.3) is 0 Å². The van der Waals surface area contributed by atoms with Crippen molar-refractivity contribution in [2.75, 3.05) is 7.11 Å². The van der Waals surface area contributed by atoms with Crippen LogP contribution in [0.1, 0.15) is 19.5 Å². The number of carbonyl (C=O) groups is 1. The highest BCUT2D eigenvalue weighted by molar-refractivity contribution is 6.30. The zero-order chi connectivity index (χ0) is 20.1. The summed E-state index contributed by atoms with van der Waals surface area (Å²) in [5.41, 5.74) is 2.44. The number of fused-ring (bicyclic) bond motifs is 1. The molecule has 0 saturated carbocycles. The van der Waals surface area contributed by atoms with Crippen LogP contribution in [0.5, 0.6) is 0 Å². The van der Waals surface area contributed by atoms with Gasteiger partial charge in [-0.05, 0) is 23.3 Å². The Labute approximate surface area is 169 Å². The second-order valence-electron chi connectivity index (χ2n) is 7.84. The molecule has 2 aromatic carbocycles. The standard InChI is InChI=1S/C23H22ClNO3/c1-22(2)14-25-13-18(15-9-11-17(24)12-10-15)19(16-7-5-4-6-8-16)20(25)23(22,28-3)21(26)27/h4-13H,14H2,1-3H3,(H,26,27). The molecule has 1 N–H and O–H groups in total. The van der Waals surface area contributed by atoms with E-state index >= 15 is 0 Å². The number of aromatic nitrogens is 1. The van der Waals surface area contributed by atoms with E-state index in [4.69, 9.17) is 16.3 Å². The Morgan fingerprint density at radius 1 is 1.07 bits per heavy atom. The fourth-order valence-electron chi connectivity index (χ4n) is 4.51. The zero-order valence-electron chi connectivity index (χ0n) is 16.1. The van der Waals surface area contributed by atoms with Crippen LogP contribution in [0.2, 0.25) is 5.02 Å². The third-order valence-corrected chi connectivity index (χ3v) is 6.01. The van der Waals surface area contributed by atoms with Crippen molar-refractivity contribution in [3.05, 3.63) is 71.5 Å². The Bertz CT molecular complexity index is 1040. The number of hydrogen-bond donors (Lipinski definition) is 1. The van der Waals surface area contributed by atoms with E-state index in [0.717, 1.165) is 22.3 Å². The van der Waals surface area contributed by atoms with Gasteiger partial charge < -0.3 is 14.4 Å². The van der Waals surface area contributed by atoms with E-state index in [9.17, 15) is 9.90 Å². The van der Waals surface area contributed by atoms with Gasteiger partial charge in [-0.15, -0.1) is 0 Å². The molecule has 1 atom stereocenters. The van der Waals surface area contributed by atoms with Gasteiger partial charge in [0.15, 0.2) is 0 Å². The number of methoxy groups -OCH3 is 1. The molecule has 1 aliphatic rings. The minimum Gasteiger partial charge on any atom is -0.479 e. The third kappa shape index (κ3) is 2.52. The summed E-state index contributed by atoms with van der Waals surface area (Å²) in [5.74, 6) is -0.975. The first-order valence-corrected chi connectivity index (χ1v) is 9.53. The number of rotatable bonds is 4. The monoisotopic (exact) mass is 395 g/mol. The van der Waals surface area contributed by atoms with Crippen LogP contribution in [0.3, 0.4) is 0 Å². The van der Waals surface area contributed by atoms with E-state index in [1.165, 1.54) is 7.11 Å². The second kappa shape index (κ2) is 6.50. The van der Waals surface area contributed by atoms with Gasteiger partial charge in [-0.2, -0.15) is 0 Å². The fraction of sp³-hybridized carbons (Fsp3) is 0.261. The minimum absolute atomic E-state index is 0.551. The van der Waals surface area contributed by atoms with E-state index in [-0.39, 0.29) is 0 Å². The number of aliphatic carboxylic acids is 1. The van der Waals surface area contributed by atoms with Crippen molar-refractivity contribution in [2.45, 2.75) is 26.0 Å². The molecule has 28 heavy (non-hydrogen) atoms. The van der Waals surface area contributed by atoms with Crippen molar-refractivity contribution >= 4 is 17.6 Å². The lowest BCUT2D eigenvalue weighted by Gasteiger charge is -2.36. The molecule has 0 spiro atoms. The molecule has 1 aliphatic heterocycles. The number of carboxylic acids is 1. The number of hydrogen-bond acceptors (Lipinski definition) is 2. The predicted molar refractivity (Wildman–Crippen MR) is 110 cm³/mol. The molecule has 0 radical (unpaired) electrons. The molecule has 4 rings (SSSR count). The molecular formula is C23H22ClNO3. The van der Waals surface area contributed by atoms with Crippen molar-refractivity contribution < 1.29 is 14.6 Å². The predicted octanol–water partition coefficient (Wildman–Crippen LogP) is 5.44. The number of halogens is 1. The molecule has 3 aromatic rings. The average molecular weight is 396 g/mol. The summed E-state index contributed by atoms with van der Waals surface area (Å²) in [7, 11) is 1.48. The van der Waals surface area contributed by atoms with Crippen molar-refractivity contribution in [1.82, 2.24) is 4.57 Å². The first kappa shape index (κ1) is 18.8. The largest absolute Gasteiger partial charge is 0.479 e. The molecular weight excluding hydrogens is 374 g/mol. The average Bonchev–Trinajstić information content (AvgIpc) is 3.12. The molecule has 0 amide bonds. The summed E-state index contributed by atoms with van der Waals surface area (Å²) in [6.45, 7) is 4.43. The van der Waals surface area contributed by atoms with Crippen LogP contribution in [-0.2, 0) is 21.7 Å². The smallest absolute Gasteiger partial charge is 0.342 e. The molecule has 5 heteroatoms. The van der Waals surface area contributed by atoms with Crippen molar-refractivity contribution in [3.63, 3.8) is 0 Å². The van der Waals surface area contributed by atoms with Gasteiger partial charge in [0.2, 0.25) is 5.60 Å². The highest BCUT2D eigenvalue weighted by atomic mass is 35.5. The van der Waals surface area contributed by atoms with Crippen molar-refractivity contribution in [1.29, 1.82) is 0 Å². The first-order chi connectivity index (χ1) is 13.3. The van der Waals surface area contributed by atoms with Gasteiger partial charge in [0, 0.05) is 41.4 Å². The maximum absolute atomic E-state index is 12.6. The SMILES string of the molecule is COC1(C(=O)O)c2c(-c3ccccc3)c(-c3ccc(Cl)cc3)cn2CC1(C)C. The lowest BCUT2D eigenvalue weighted by atomic mass is 9.73. The fourth-order valence-corrected chi connectivity index (χ4v) is 4.64. The van der Waals surface area contributed by atoms with Crippen LogP contribution < -0.4 is 0 Å². The summed E-state index contributed by atoms with van der Waals surface area (Å²) in [4.78, 5) is 12.6. The van der Waals surface area contributed by atoms with Gasteiger partial charge in [-0.25, -0.2) is 4.79 Å². The van der Waals surface area contributed by atoms with Crippen LogP contribution in [0.4, 0.5) is 0 Å². The molecule has 0 bridgehead atoms. The number of nitrogens with zero attached hydrogens (tertiary/aromatic N) is 1. The first-order valence-electron chi connectivity index (χ1n) is 9.15. The Balaban J connectivity index is 2.08. The van der Waals surface area contributed by atoms with E-state index in [2.05, 4.69) is 0 Å². The van der Waals surface area contributed by atoms with Crippen LogP contribution in [-0.4, -0.2) is 22.8 Å². The molecule has 4 nitrogen and oxygen atoms in total. The van der Waals surface area contributed by atoms with E-state index < -0.39 is 17.0 Å². The van der Waals surface area contributed by atoms with Crippen LogP contribution in [0, 0.1) is 5.41 Å². The summed E-state index contributed by atoms with van der Waals surface area (Å²) in [6.07, 6.45) is 2.03. The molecule has 0 fully saturated rings. The summed E-state index contributed by atoms with van der Waals surface area (Å²) < 4.78 is 7.82. The highest BCUT2D eigenvalue weighted by Crippen LogP contribution is 2.55. The van der Waals surface area contributed by atoms with E-state index in [1.807, 2.05) is 79.2 Å². The minimum atomic E-state index is -1.44. The zero-order valence-corrected chi connectivity index (χ0v) is 16.8. The van der Waals surface area contributed by atoms with Gasteiger partial charge in [-0.1, -0.05) is 67.9 Å². The van der Waals surface area contributed by atoms with Gasteiger partial charge >= 0.3 is 5.97 Å². The Hall–Kier alpha value is -2.56. The molecule has 0 saturated heterocycles. The van der Waals surface area contributed by atoms with Gasteiger partial charge in [-0.3, -0.25) is 0 Å². The molecule has 144 valence electrons. The van der Waals surface area contributed by atoms with E-state index in [1.54, 1.807) is 0 Å². The molecule has 0 aliphatic carbocycles. The van der Waals surface area contributed by atoms with E-state index in [0.29, 0.717) is 17.3 Å². The Morgan fingerprint density at radius 3 is 2.29 bits per heavy atom. The van der Waals surface area contributed by atoms with Crippen molar-refractivity contribution in [3.8, 4) is 22.3 Å². The number of benzene rings is 2. The van der Waals surface area contributed by atoms with Crippen LogP contribution in [0.25, 0.3) is 22.3 Å². The highest BCUT2D eigenvalue weighted by Gasteiger charge is 2.61. The number of ether oxygens (including phenoxy) is 1. The Kier molecular flexibility index (Phi) is 4.36. The lowest BCUT2D eigenvalue weighted by molar-refractivity contribution is -0.178. The lowest BCUT2D eigenvalue weighted by Crippen LogP contribution is -2.47. The Morgan fingerprint density at radius 2 is 1.71 bits per heavy atom. The maximum atomic E-state index is 12.6. The normalized spacial score (nSPS) is 20.1. The van der Waals surface area contributed by atoms with Crippen LogP contribution in [0.15, 0.2) is 60.8 Å². The maximum Gasteiger partial charge on any atom is 0.342 e. The molecule has 2 heterocycles. The van der Waals surface area contributed by atoms with Gasteiger partial charge in [0.05, 0.1) is 5.69 Å². The summed E-state index contributed by atoms with van der Waals surface area (Å²) >= 11 is 6.07. The quantitative estimate of drug-likeness (QED) is 0.639. The summed E-state index contributed by atoms with van der Waals surface area (Å²) in [6, 6.07) is 17.5. The van der Waals surface area contributed by atoms with Gasteiger partial charge in [0.1, 0.15) is 0 Å². The molecule has 1 aromatic heterocycles. The third-order valence-electron chi connectivity index (χ3n) is 5.76. The number of carboxylic acid groups (broad SMARTS) is 1. The van der Waals surface area contributed by atoms with Crippen LogP contribution >= 0.6 is 11.6 Å². The second-order valence-corrected chi connectivity index (χ2v) is 8.28. The summed E-state index contributed by atoms with van der Waals surface area (Å²) in [5, 5.41) is 10.9. The molecule has 1 unspecified atom stereocenters.